The van der Waals surface area contributed by atoms with Crippen molar-refractivity contribution in [1.29, 1.82) is 0 Å². The minimum Gasteiger partial charge on any atom is -0.391 e. The lowest BCUT2D eigenvalue weighted by Crippen LogP contribution is -2.30. The third-order valence-corrected chi connectivity index (χ3v) is 4.01. The molecule has 1 heterocycles. The molecule has 0 aliphatic heterocycles. The maximum absolute atomic E-state index is 13.7. The number of benzene rings is 1. The highest BCUT2D eigenvalue weighted by Gasteiger charge is 2.34. The molecule has 0 saturated heterocycles. The summed E-state index contributed by atoms with van der Waals surface area (Å²) in [5.41, 5.74) is 5.26. The molecule has 136 valence electrons. The standard InChI is InChI=1S/C15H16F2N4O3.ClH/c16-8-2-1-3-9(17)13(8)15-20-12(21-24-15)6-19-14(23)7-4-10(18)11(22)5-7;/h1-3,7,10-11,22H,4-6,18H2,(H,19,23);1H/t7-,10+,11+;/m0./s1. The first-order valence-electron chi connectivity index (χ1n) is 7.44. The molecule has 3 rings (SSSR count). The molecule has 1 aliphatic rings. The number of nitrogens with two attached hydrogens (primary N) is 1. The number of amides is 1. The zero-order valence-electron chi connectivity index (χ0n) is 13.0. The first kappa shape index (κ1) is 19.2. The molecule has 4 N–H and O–H groups in total. The SMILES string of the molecule is Cl.N[C@@H]1C[C@H](C(=O)NCc2noc(-c3c(F)cccc3F)n2)C[C@H]1O. The summed E-state index contributed by atoms with van der Waals surface area (Å²) in [5, 5.41) is 15.8. The van der Waals surface area contributed by atoms with Gasteiger partial charge in [-0.3, -0.25) is 4.79 Å². The van der Waals surface area contributed by atoms with Crippen molar-refractivity contribution in [3.63, 3.8) is 0 Å². The maximum Gasteiger partial charge on any atom is 0.263 e. The Kier molecular flexibility index (Phi) is 6.04. The van der Waals surface area contributed by atoms with Crippen LogP contribution in [0.5, 0.6) is 0 Å². The monoisotopic (exact) mass is 374 g/mol. The number of halogens is 3. The van der Waals surface area contributed by atoms with Crippen molar-refractivity contribution in [1.82, 2.24) is 15.5 Å². The van der Waals surface area contributed by atoms with Gasteiger partial charge in [0, 0.05) is 12.0 Å². The molecule has 1 amide bonds. The summed E-state index contributed by atoms with van der Waals surface area (Å²) in [5.74, 6) is -2.51. The van der Waals surface area contributed by atoms with Crippen LogP contribution in [0, 0.1) is 17.6 Å². The van der Waals surface area contributed by atoms with Crippen LogP contribution in [0.2, 0.25) is 0 Å². The van der Waals surface area contributed by atoms with E-state index < -0.39 is 29.3 Å². The fourth-order valence-electron chi connectivity index (χ4n) is 2.70. The van der Waals surface area contributed by atoms with Gasteiger partial charge in [0.05, 0.1) is 12.6 Å². The van der Waals surface area contributed by atoms with Gasteiger partial charge in [0.1, 0.15) is 17.2 Å². The number of aliphatic hydroxyl groups excluding tert-OH is 1. The topological polar surface area (TPSA) is 114 Å². The fourth-order valence-corrected chi connectivity index (χ4v) is 2.70. The average molecular weight is 375 g/mol. The van der Waals surface area contributed by atoms with E-state index >= 15 is 0 Å². The van der Waals surface area contributed by atoms with Crippen molar-refractivity contribution in [2.45, 2.75) is 31.5 Å². The Labute approximate surface area is 148 Å². The molecule has 25 heavy (non-hydrogen) atoms. The van der Waals surface area contributed by atoms with Gasteiger partial charge >= 0.3 is 0 Å². The van der Waals surface area contributed by atoms with Gasteiger partial charge in [-0.1, -0.05) is 11.2 Å². The summed E-state index contributed by atoms with van der Waals surface area (Å²) >= 11 is 0. The molecule has 7 nitrogen and oxygen atoms in total. The van der Waals surface area contributed by atoms with Crippen molar-refractivity contribution in [2.75, 3.05) is 0 Å². The molecule has 0 unspecified atom stereocenters. The second-order valence-corrected chi connectivity index (χ2v) is 5.73. The van der Waals surface area contributed by atoms with Gasteiger partial charge in [0.15, 0.2) is 5.82 Å². The zero-order chi connectivity index (χ0) is 17.3. The number of aromatic nitrogens is 2. The van der Waals surface area contributed by atoms with Crippen LogP contribution in [0.25, 0.3) is 11.5 Å². The molecule has 0 spiro atoms. The van der Waals surface area contributed by atoms with E-state index in [2.05, 4.69) is 15.5 Å². The van der Waals surface area contributed by atoms with Crippen LogP contribution in [0.3, 0.4) is 0 Å². The van der Waals surface area contributed by atoms with Gasteiger partial charge in [-0.2, -0.15) is 4.98 Å². The number of hydrogen-bond donors (Lipinski definition) is 3. The van der Waals surface area contributed by atoms with Crippen molar-refractivity contribution in [3.05, 3.63) is 35.7 Å². The summed E-state index contributed by atoms with van der Waals surface area (Å²) in [6.45, 7) is -0.0553. The van der Waals surface area contributed by atoms with E-state index in [1.807, 2.05) is 0 Å². The molecule has 1 saturated carbocycles. The van der Waals surface area contributed by atoms with E-state index in [0.29, 0.717) is 12.8 Å². The van der Waals surface area contributed by atoms with Crippen LogP contribution < -0.4 is 11.1 Å². The number of hydrogen-bond acceptors (Lipinski definition) is 6. The summed E-state index contributed by atoms with van der Waals surface area (Å²) in [6.07, 6.45) is -0.00266. The van der Waals surface area contributed by atoms with Crippen molar-refractivity contribution >= 4 is 18.3 Å². The Morgan fingerprint density at radius 2 is 2.04 bits per heavy atom. The third kappa shape index (κ3) is 4.12. The lowest BCUT2D eigenvalue weighted by atomic mass is 10.1. The second-order valence-electron chi connectivity index (χ2n) is 5.73. The third-order valence-electron chi connectivity index (χ3n) is 4.01. The van der Waals surface area contributed by atoms with Crippen LogP contribution in [-0.4, -0.2) is 33.3 Å². The van der Waals surface area contributed by atoms with Gasteiger partial charge in [0.25, 0.3) is 5.89 Å². The molecule has 10 heteroatoms. The molecule has 3 atom stereocenters. The van der Waals surface area contributed by atoms with Crippen LogP contribution in [-0.2, 0) is 11.3 Å². The summed E-state index contributed by atoms with van der Waals surface area (Å²) in [6, 6.07) is 2.98. The highest BCUT2D eigenvalue weighted by Crippen LogP contribution is 2.26. The quantitative estimate of drug-likeness (QED) is 0.739. The number of rotatable bonds is 4. The van der Waals surface area contributed by atoms with E-state index in [-0.39, 0.29) is 42.5 Å². The molecule has 1 aromatic carbocycles. The molecule has 1 aromatic heterocycles. The molecule has 1 aliphatic carbocycles. The normalized spacial score (nSPS) is 22.5. The second kappa shape index (κ2) is 7.85. The average Bonchev–Trinajstić information content (AvgIpc) is 3.12. The summed E-state index contributed by atoms with van der Waals surface area (Å²) < 4.78 is 32.2. The van der Waals surface area contributed by atoms with Crippen molar-refractivity contribution in [3.8, 4) is 11.5 Å². The molecular weight excluding hydrogens is 358 g/mol. The van der Waals surface area contributed by atoms with Gasteiger partial charge in [0.2, 0.25) is 5.91 Å². The number of carbonyl (C=O) groups is 1. The van der Waals surface area contributed by atoms with Crippen molar-refractivity contribution in [2.24, 2.45) is 11.7 Å². The minimum absolute atomic E-state index is 0. The van der Waals surface area contributed by atoms with Gasteiger partial charge in [-0.15, -0.1) is 12.4 Å². The Balaban J connectivity index is 0.00000225. The van der Waals surface area contributed by atoms with E-state index in [9.17, 15) is 18.7 Å². The predicted molar refractivity (Wildman–Crippen MR) is 85.5 cm³/mol. The number of nitrogens with one attached hydrogen (secondary N) is 1. The summed E-state index contributed by atoms with van der Waals surface area (Å²) in [7, 11) is 0. The van der Waals surface area contributed by atoms with E-state index in [0.717, 1.165) is 12.1 Å². The van der Waals surface area contributed by atoms with Gasteiger partial charge in [-0.25, -0.2) is 8.78 Å². The molecule has 0 radical (unpaired) electrons. The molecular formula is C15H17ClF2N4O3. The lowest BCUT2D eigenvalue weighted by Gasteiger charge is -2.08. The summed E-state index contributed by atoms with van der Waals surface area (Å²) in [4.78, 5) is 15.9. The molecule has 2 aromatic rings. The van der Waals surface area contributed by atoms with Crippen LogP contribution in [0.1, 0.15) is 18.7 Å². The first-order chi connectivity index (χ1) is 11.5. The van der Waals surface area contributed by atoms with Crippen LogP contribution in [0.15, 0.2) is 22.7 Å². The fraction of sp³-hybridized carbons (Fsp3) is 0.400. The van der Waals surface area contributed by atoms with Crippen molar-refractivity contribution < 1.29 is 23.2 Å². The van der Waals surface area contributed by atoms with E-state index in [1.165, 1.54) is 6.07 Å². The molecule has 0 bridgehead atoms. The number of carbonyl (C=O) groups excluding carboxylic acids is 1. The zero-order valence-corrected chi connectivity index (χ0v) is 13.8. The maximum atomic E-state index is 13.7. The van der Waals surface area contributed by atoms with Crippen LogP contribution >= 0.6 is 12.4 Å². The number of nitrogens with zero attached hydrogens (tertiary/aromatic N) is 2. The largest absolute Gasteiger partial charge is 0.391 e. The Morgan fingerprint density at radius 1 is 1.36 bits per heavy atom. The predicted octanol–water partition coefficient (Wildman–Crippen LogP) is 1.15. The first-order valence-corrected chi connectivity index (χ1v) is 7.44. The Morgan fingerprint density at radius 3 is 2.64 bits per heavy atom. The van der Waals surface area contributed by atoms with Gasteiger partial charge < -0.3 is 20.7 Å². The highest BCUT2D eigenvalue weighted by molar-refractivity contribution is 5.85. The minimum atomic E-state index is -0.817. The van der Waals surface area contributed by atoms with Gasteiger partial charge in [-0.05, 0) is 25.0 Å². The Bertz CT molecular complexity index is 728. The smallest absolute Gasteiger partial charge is 0.263 e. The van der Waals surface area contributed by atoms with E-state index in [1.54, 1.807) is 0 Å². The van der Waals surface area contributed by atoms with Crippen LogP contribution in [0.4, 0.5) is 8.78 Å². The van der Waals surface area contributed by atoms with E-state index in [4.69, 9.17) is 10.3 Å². The lowest BCUT2D eigenvalue weighted by molar-refractivity contribution is -0.125. The molecule has 1 fully saturated rings. The number of aliphatic hydroxyl groups is 1. The Hall–Kier alpha value is -2.10. The highest BCUT2D eigenvalue weighted by atomic mass is 35.5.